The average Bonchev–Trinajstić information content (AvgIpc) is 2.57. The number of rotatable bonds is 4. The van der Waals surface area contributed by atoms with Gasteiger partial charge in [-0.3, -0.25) is 0 Å². The fourth-order valence-electron chi connectivity index (χ4n) is 1.30. The van der Waals surface area contributed by atoms with Crippen molar-refractivity contribution in [2.75, 3.05) is 19.1 Å². The van der Waals surface area contributed by atoms with E-state index in [1.54, 1.807) is 13.8 Å². The standard InChI is InChI=1S/C10H17N3O4S/c1-10(2,18(4,15)16)5-13-6-12-7(8(13)11)9(14)17-3/h6H,5,11H2,1-4H3. The Morgan fingerprint density at radius 1 is 1.56 bits per heavy atom. The number of imidazole rings is 1. The summed E-state index contributed by atoms with van der Waals surface area (Å²) >= 11 is 0. The molecular weight excluding hydrogens is 258 g/mol. The Morgan fingerprint density at radius 2 is 2.11 bits per heavy atom. The largest absolute Gasteiger partial charge is 0.464 e. The smallest absolute Gasteiger partial charge is 0.360 e. The SMILES string of the molecule is COC(=O)c1ncn(CC(C)(C)S(C)(=O)=O)c1N. The van der Waals surface area contributed by atoms with E-state index in [2.05, 4.69) is 9.72 Å². The fourth-order valence-corrected chi connectivity index (χ4v) is 1.67. The molecule has 0 saturated carbocycles. The molecule has 8 heteroatoms. The highest BCUT2D eigenvalue weighted by atomic mass is 32.2. The van der Waals surface area contributed by atoms with Gasteiger partial charge in [0.25, 0.3) is 0 Å². The second-order valence-corrected chi connectivity index (χ2v) is 7.28. The summed E-state index contributed by atoms with van der Waals surface area (Å²) in [5, 5.41) is 0. The second kappa shape index (κ2) is 4.60. The Kier molecular flexibility index (Phi) is 3.70. The van der Waals surface area contributed by atoms with E-state index in [0.717, 1.165) is 6.26 Å². The van der Waals surface area contributed by atoms with Crippen LogP contribution in [0.15, 0.2) is 6.33 Å². The Bertz CT molecular complexity index is 560. The molecule has 0 amide bonds. The lowest BCUT2D eigenvalue weighted by atomic mass is 10.2. The summed E-state index contributed by atoms with van der Waals surface area (Å²) in [6.07, 6.45) is 2.48. The molecule has 0 aliphatic heterocycles. The molecule has 0 unspecified atom stereocenters. The van der Waals surface area contributed by atoms with Gasteiger partial charge in [0.15, 0.2) is 15.5 Å². The molecule has 7 nitrogen and oxygen atoms in total. The van der Waals surface area contributed by atoms with Crippen LogP contribution in [0, 0.1) is 0 Å². The van der Waals surface area contributed by atoms with Crippen molar-refractivity contribution in [2.45, 2.75) is 25.1 Å². The molecule has 0 aromatic carbocycles. The highest BCUT2D eigenvalue weighted by Gasteiger charge is 2.32. The van der Waals surface area contributed by atoms with Crippen LogP contribution in [0.4, 0.5) is 5.82 Å². The normalized spacial score (nSPS) is 12.4. The molecule has 0 fully saturated rings. The van der Waals surface area contributed by atoms with E-state index in [4.69, 9.17) is 5.73 Å². The number of carbonyl (C=O) groups is 1. The van der Waals surface area contributed by atoms with Crippen LogP contribution < -0.4 is 5.73 Å². The minimum atomic E-state index is -3.25. The summed E-state index contributed by atoms with van der Waals surface area (Å²) in [5.74, 6) is -0.554. The number of hydrogen-bond acceptors (Lipinski definition) is 6. The van der Waals surface area contributed by atoms with Gasteiger partial charge in [-0.05, 0) is 13.8 Å². The molecule has 0 bridgehead atoms. The molecule has 0 spiro atoms. The van der Waals surface area contributed by atoms with Gasteiger partial charge in [0.2, 0.25) is 0 Å². The van der Waals surface area contributed by atoms with Crippen molar-refractivity contribution in [2.24, 2.45) is 0 Å². The summed E-state index contributed by atoms with van der Waals surface area (Å²) in [4.78, 5) is 15.1. The lowest BCUT2D eigenvalue weighted by Crippen LogP contribution is -2.36. The van der Waals surface area contributed by atoms with Crippen LogP contribution in [-0.4, -0.2) is 42.1 Å². The number of nitrogen functional groups attached to an aromatic ring is 1. The minimum Gasteiger partial charge on any atom is -0.464 e. The molecule has 18 heavy (non-hydrogen) atoms. The number of anilines is 1. The van der Waals surface area contributed by atoms with Crippen molar-refractivity contribution in [3.63, 3.8) is 0 Å². The number of carbonyl (C=O) groups excluding carboxylic acids is 1. The van der Waals surface area contributed by atoms with E-state index in [-0.39, 0.29) is 18.1 Å². The van der Waals surface area contributed by atoms with Gasteiger partial charge in [0, 0.05) is 12.8 Å². The second-order valence-electron chi connectivity index (χ2n) is 4.63. The minimum absolute atomic E-state index is 0.0122. The van der Waals surface area contributed by atoms with Crippen LogP contribution in [0.1, 0.15) is 24.3 Å². The lowest BCUT2D eigenvalue weighted by Gasteiger charge is -2.23. The van der Waals surface area contributed by atoms with Gasteiger partial charge >= 0.3 is 5.97 Å². The maximum Gasteiger partial charge on any atom is 0.360 e. The van der Waals surface area contributed by atoms with Crippen LogP contribution in [0.5, 0.6) is 0 Å². The van der Waals surface area contributed by atoms with Gasteiger partial charge in [-0.25, -0.2) is 18.2 Å². The highest BCUT2D eigenvalue weighted by Crippen LogP contribution is 2.21. The maximum absolute atomic E-state index is 11.6. The van der Waals surface area contributed by atoms with Crippen LogP contribution in [0.3, 0.4) is 0 Å². The summed E-state index contributed by atoms with van der Waals surface area (Å²) in [5.41, 5.74) is 5.72. The Labute approximate surface area is 106 Å². The van der Waals surface area contributed by atoms with Gasteiger partial charge in [0.1, 0.15) is 5.82 Å². The number of esters is 1. The summed E-state index contributed by atoms with van der Waals surface area (Å²) < 4.78 is 28.1. The van der Waals surface area contributed by atoms with Crippen LogP contribution >= 0.6 is 0 Å². The van der Waals surface area contributed by atoms with Crippen molar-refractivity contribution in [1.82, 2.24) is 9.55 Å². The van der Waals surface area contributed by atoms with Gasteiger partial charge < -0.3 is 15.0 Å². The van der Waals surface area contributed by atoms with E-state index in [9.17, 15) is 13.2 Å². The van der Waals surface area contributed by atoms with Crippen LogP contribution in [0.25, 0.3) is 0 Å². The van der Waals surface area contributed by atoms with Gasteiger partial charge in [0.05, 0.1) is 18.2 Å². The number of nitrogens with two attached hydrogens (primary N) is 1. The number of methoxy groups -OCH3 is 1. The summed E-state index contributed by atoms with van der Waals surface area (Å²) in [7, 11) is -2.03. The molecule has 102 valence electrons. The maximum atomic E-state index is 11.6. The molecule has 0 aliphatic carbocycles. The first kappa shape index (κ1) is 14.5. The van der Waals surface area contributed by atoms with Crippen molar-refractivity contribution in [1.29, 1.82) is 0 Å². The van der Waals surface area contributed by atoms with Crippen molar-refractivity contribution in [3.8, 4) is 0 Å². The highest BCUT2D eigenvalue weighted by molar-refractivity contribution is 7.92. The average molecular weight is 275 g/mol. The van der Waals surface area contributed by atoms with E-state index < -0.39 is 20.6 Å². The molecule has 1 heterocycles. The Morgan fingerprint density at radius 3 is 2.56 bits per heavy atom. The summed E-state index contributed by atoms with van der Waals surface area (Å²) in [6.45, 7) is 3.28. The Balaban J connectivity index is 3.08. The van der Waals surface area contributed by atoms with Crippen molar-refractivity contribution < 1.29 is 17.9 Å². The topological polar surface area (TPSA) is 104 Å². The van der Waals surface area contributed by atoms with Crippen molar-refractivity contribution >= 4 is 21.6 Å². The Hall–Kier alpha value is -1.57. The zero-order chi connectivity index (χ0) is 14.1. The number of hydrogen-bond donors (Lipinski definition) is 1. The molecule has 0 aliphatic rings. The first-order chi connectivity index (χ1) is 8.10. The third-order valence-corrected chi connectivity index (χ3v) is 4.95. The first-order valence-electron chi connectivity index (χ1n) is 5.18. The van der Waals surface area contributed by atoms with Crippen molar-refractivity contribution in [3.05, 3.63) is 12.0 Å². The number of nitrogens with zero attached hydrogens (tertiary/aromatic N) is 2. The van der Waals surface area contributed by atoms with Crippen LogP contribution in [0.2, 0.25) is 0 Å². The lowest BCUT2D eigenvalue weighted by molar-refractivity contribution is 0.0596. The predicted molar refractivity (Wildman–Crippen MR) is 66.9 cm³/mol. The molecule has 0 radical (unpaired) electrons. The van der Waals surface area contributed by atoms with E-state index in [0.29, 0.717) is 0 Å². The number of sulfone groups is 1. The van der Waals surface area contributed by atoms with Gasteiger partial charge in [-0.15, -0.1) is 0 Å². The quantitative estimate of drug-likeness (QED) is 0.780. The monoisotopic (exact) mass is 275 g/mol. The first-order valence-corrected chi connectivity index (χ1v) is 7.08. The number of ether oxygens (including phenoxy) is 1. The third-order valence-electron chi connectivity index (χ3n) is 2.81. The van der Waals surface area contributed by atoms with Gasteiger partial charge in [-0.1, -0.05) is 0 Å². The fraction of sp³-hybridized carbons (Fsp3) is 0.600. The predicted octanol–water partition coefficient (Wildman–Crippen LogP) is 0.0751. The van der Waals surface area contributed by atoms with E-state index in [1.807, 2.05) is 0 Å². The van der Waals surface area contributed by atoms with E-state index >= 15 is 0 Å². The molecule has 0 saturated heterocycles. The van der Waals surface area contributed by atoms with Crippen LogP contribution in [-0.2, 0) is 21.1 Å². The molecule has 2 N–H and O–H groups in total. The third kappa shape index (κ3) is 2.63. The molecule has 1 aromatic rings. The zero-order valence-corrected chi connectivity index (χ0v) is 11.6. The molecular formula is C10H17N3O4S. The van der Waals surface area contributed by atoms with Gasteiger partial charge in [-0.2, -0.15) is 0 Å². The molecule has 1 rings (SSSR count). The zero-order valence-electron chi connectivity index (χ0n) is 10.8. The molecule has 1 aromatic heterocycles. The van der Waals surface area contributed by atoms with E-state index in [1.165, 1.54) is 18.0 Å². The summed E-state index contributed by atoms with van der Waals surface area (Å²) in [6, 6.07) is 0. The molecule has 0 atom stereocenters. The number of aromatic nitrogens is 2.